The molecule has 0 spiro atoms. The molecule has 4 unspecified atom stereocenters. The van der Waals surface area contributed by atoms with Gasteiger partial charge in [-0.05, 0) is 80.5 Å². The fourth-order valence-corrected chi connectivity index (χ4v) is 4.83. The second kappa shape index (κ2) is 26.5. The lowest BCUT2D eigenvalue weighted by molar-refractivity contribution is -0.113. The summed E-state index contributed by atoms with van der Waals surface area (Å²) in [5, 5.41) is 23.5. The van der Waals surface area contributed by atoms with Gasteiger partial charge in [0.1, 0.15) is 12.4 Å². The minimum Gasteiger partial charge on any atom is -0.491 e. The Hall–Kier alpha value is -1.67. The standard InChI is InChI=1S/C24H29ClO5.C5H11N.4C2H6/c25-23-8-3-17(24-14-19(27)13-22(15-26)30-24)12-18(23)11-16-1-4-20(5-2-16)28-9-10-29-21-6-7-21;1-5-3-2-4-6-5;4*1-2/h1-5,8,12,19,21-22,24,26-27H,6-7,9-11,13-15H2;5-6H,2-4H2,1H3;4*1-2H3. The third kappa shape index (κ3) is 17.1. The summed E-state index contributed by atoms with van der Waals surface area (Å²) in [5.74, 6) is 0.831. The molecule has 7 heteroatoms. The molecular weight excluding hydrogens is 574 g/mol. The molecule has 0 amide bonds. The SMILES string of the molecule is CC.CC.CC.CC.CC1CCCN1.OCC1CC(O)CC(c2ccc(Cl)c(Cc3ccc(OCCOC4CC4)cc3)c2)O1. The molecule has 6 nitrogen and oxygen atoms in total. The summed E-state index contributed by atoms with van der Waals surface area (Å²) in [4.78, 5) is 0. The van der Waals surface area contributed by atoms with Crippen molar-refractivity contribution in [3.8, 4) is 5.75 Å². The molecule has 3 N–H and O–H groups in total. The summed E-state index contributed by atoms with van der Waals surface area (Å²) in [5.41, 5.74) is 3.11. The number of hydrogen-bond donors (Lipinski definition) is 3. The summed E-state index contributed by atoms with van der Waals surface area (Å²) in [6.45, 7) is 20.6. The first-order valence-corrected chi connectivity index (χ1v) is 17.7. The molecule has 2 heterocycles. The zero-order valence-corrected chi connectivity index (χ0v) is 30.0. The summed E-state index contributed by atoms with van der Waals surface area (Å²) < 4.78 is 17.3. The van der Waals surface area contributed by atoms with Crippen molar-refractivity contribution in [2.24, 2.45) is 0 Å². The molecule has 2 saturated heterocycles. The van der Waals surface area contributed by atoms with Gasteiger partial charge in [0, 0.05) is 23.9 Å². The zero-order chi connectivity index (χ0) is 33.3. The Kier molecular flexibility index (Phi) is 25.5. The second-order valence-corrected chi connectivity index (χ2v) is 10.5. The monoisotopic (exact) mass is 637 g/mol. The molecule has 254 valence electrons. The van der Waals surface area contributed by atoms with Crippen LogP contribution in [0.25, 0.3) is 0 Å². The quantitative estimate of drug-likeness (QED) is 0.238. The zero-order valence-electron chi connectivity index (χ0n) is 29.2. The lowest BCUT2D eigenvalue weighted by atomic mass is 9.94. The summed E-state index contributed by atoms with van der Waals surface area (Å²) in [6, 6.07) is 14.7. The van der Waals surface area contributed by atoms with Gasteiger partial charge in [-0.2, -0.15) is 0 Å². The van der Waals surface area contributed by atoms with Crippen molar-refractivity contribution in [3.63, 3.8) is 0 Å². The van der Waals surface area contributed by atoms with Gasteiger partial charge in [0.05, 0.1) is 37.6 Å². The maximum absolute atomic E-state index is 10.1. The van der Waals surface area contributed by atoms with Gasteiger partial charge in [-0.25, -0.2) is 0 Å². The molecule has 1 saturated carbocycles. The van der Waals surface area contributed by atoms with E-state index in [1.165, 1.54) is 32.2 Å². The first-order valence-electron chi connectivity index (χ1n) is 17.3. The minimum atomic E-state index is -0.470. The lowest BCUT2D eigenvalue weighted by Crippen LogP contribution is -2.33. The first kappa shape index (κ1) is 42.3. The van der Waals surface area contributed by atoms with Crippen LogP contribution in [0, 0.1) is 0 Å². The van der Waals surface area contributed by atoms with Gasteiger partial charge in [0.2, 0.25) is 0 Å². The van der Waals surface area contributed by atoms with E-state index in [1.807, 2.05) is 97.9 Å². The Labute approximate surface area is 274 Å². The number of aliphatic hydroxyl groups excluding tert-OH is 2. The highest BCUT2D eigenvalue weighted by Crippen LogP contribution is 2.34. The Balaban J connectivity index is 0.00000112. The maximum Gasteiger partial charge on any atom is 0.119 e. The van der Waals surface area contributed by atoms with Crippen molar-refractivity contribution < 1.29 is 24.4 Å². The van der Waals surface area contributed by atoms with E-state index < -0.39 is 6.10 Å². The molecule has 2 aliphatic heterocycles. The number of rotatable bonds is 9. The molecule has 3 aliphatic rings. The number of aliphatic hydroxyl groups is 2. The smallest absolute Gasteiger partial charge is 0.119 e. The average molecular weight is 638 g/mol. The normalized spacial score (nSPS) is 21.6. The van der Waals surface area contributed by atoms with Gasteiger partial charge in [0.25, 0.3) is 0 Å². The number of ether oxygens (including phenoxy) is 3. The second-order valence-electron chi connectivity index (χ2n) is 10.1. The van der Waals surface area contributed by atoms with Crippen molar-refractivity contribution >= 4 is 11.6 Å². The van der Waals surface area contributed by atoms with Crippen LogP contribution in [0.15, 0.2) is 42.5 Å². The highest BCUT2D eigenvalue weighted by Gasteiger charge is 2.29. The summed E-state index contributed by atoms with van der Waals surface area (Å²) >= 11 is 6.45. The molecule has 2 aromatic carbocycles. The van der Waals surface area contributed by atoms with Crippen LogP contribution in [0.4, 0.5) is 0 Å². The van der Waals surface area contributed by atoms with Crippen LogP contribution < -0.4 is 10.1 Å². The fourth-order valence-electron chi connectivity index (χ4n) is 4.64. The van der Waals surface area contributed by atoms with Crippen LogP contribution >= 0.6 is 11.6 Å². The molecule has 0 aromatic heterocycles. The molecule has 1 aliphatic carbocycles. The van der Waals surface area contributed by atoms with Gasteiger partial charge < -0.3 is 29.7 Å². The van der Waals surface area contributed by atoms with Crippen LogP contribution in [0.2, 0.25) is 5.02 Å². The number of nitrogens with one attached hydrogen (secondary N) is 1. The van der Waals surface area contributed by atoms with Crippen LogP contribution in [0.3, 0.4) is 0 Å². The minimum absolute atomic E-state index is 0.0882. The van der Waals surface area contributed by atoms with E-state index in [0.717, 1.165) is 28.5 Å². The van der Waals surface area contributed by atoms with E-state index in [-0.39, 0.29) is 18.8 Å². The summed E-state index contributed by atoms with van der Waals surface area (Å²) in [7, 11) is 0. The van der Waals surface area contributed by atoms with Crippen molar-refractivity contribution in [2.75, 3.05) is 26.4 Å². The summed E-state index contributed by atoms with van der Waals surface area (Å²) in [6.07, 6.45) is 6.19. The Morgan fingerprint density at radius 3 is 2.07 bits per heavy atom. The highest BCUT2D eigenvalue weighted by molar-refractivity contribution is 6.31. The highest BCUT2D eigenvalue weighted by atomic mass is 35.5. The molecule has 5 rings (SSSR count). The van der Waals surface area contributed by atoms with Crippen molar-refractivity contribution in [1.82, 2.24) is 5.32 Å². The third-order valence-electron chi connectivity index (χ3n) is 6.88. The topological polar surface area (TPSA) is 80.2 Å². The lowest BCUT2D eigenvalue weighted by Gasteiger charge is -2.32. The molecule has 3 fully saturated rings. The molecule has 44 heavy (non-hydrogen) atoms. The van der Waals surface area contributed by atoms with E-state index >= 15 is 0 Å². The molecule has 2 aromatic rings. The Bertz CT molecular complexity index is 932. The van der Waals surface area contributed by atoms with Gasteiger partial charge >= 0.3 is 0 Å². The number of halogens is 1. The van der Waals surface area contributed by atoms with E-state index in [9.17, 15) is 10.2 Å². The van der Waals surface area contributed by atoms with Crippen LogP contribution in [-0.4, -0.2) is 60.9 Å². The van der Waals surface area contributed by atoms with Crippen molar-refractivity contribution in [3.05, 3.63) is 64.2 Å². The van der Waals surface area contributed by atoms with Crippen molar-refractivity contribution in [1.29, 1.82) is 0 Å². The average Bonchev–Trinajstić information content (AvgIpc) is 3.79. The van der Waals surface area contributed by atoms with E-state index in [0.29, 0.717) is 43.6 Å². The molecule has 0 radical (unpaired) electrons. The first-order chi connectivity index (χ1) is 21.5. The fraction of sp³-hybridized carbons (Fsp3) is 0.676. The van der Waals surface area contributed by atoms with Crippen LogP contribution in [0.1, 0.15) is 124 Å². The van der Waals surface area contributed by atoms with Gasteiger partial charge in [-0.3, -0.25) is 0 Å². The van der Waals surface area contributed by atoms with Gasteiger partial charge in [-0.15, -0.1) is 0 Å². The van der Waals surface area contributed by atoms with Crippen molar-refractivity contribution in [2.45, 2.75) is 138 Å². The Morgan fingerprint density at radius 2 is 1.55 bits per heavy atom. The number of hydrogen-bond acceptors (Lipinski definition) is 6. The van der Waals surface area contributed by atoms with Gasteiger partial charge in [0.15, 0.2) is 0 Å². The molecular formula is C37H64ClNO5. The predicted octanol–water partition coefficient (Wildman–Crippen LogP) is 8.93. The van der Waals surface area contributed by atoms with E-state index in [4.69, 9.17) is 25.8 Å². The van der Waals surface area contributed by atoms with Gasteiger partial charge in [-0.1, -0.05) is 91.3 Å². The predicted molar refractivity (Wildman–Crippen MR) is 187 cm³/mol. The van der Waals surface area contributed by atoms with Crippen LogP contribution in [0.5, 0.6) is 5.75 Å². The number of benzene rings is 2. The molecule has 4 atom stereocenters. The Morgan fingerprint density at radius 1 is 0.886 bits per heavy atom. The van der Waals surface area contributed by atoms with E-state index in [2.05, 4.69) is 12.2 Å². The third-order valence-corrected chi connectivity index (χ3v) is 7.25. The largest absolute Gasteiger partial charge is 0.491 e. The van der Waals surface area contributed by atoms with Crippen LogP contribution in [-0.2, 0) is 15.9 Å². The van der Waals surface area contributed by atoms with E-state index in [1.54, 1.807) is 0 Å². The molecule has 0 bridgehead atoms. The maximum atomic E-state index is 10.1.